The zero-order valence-electron chi connectivity index (χ0n) is 6.06. The van der Waals surface area contributed by atoms with Crippen molar-refractivity contribution in [3.8, 4) is 0 Å². The second-order valence-electron chi connectivity index (χ2n) is 2.04. The van der Waals surface area contributed by atoms with Crippen LogP contribution >= 0.6 is 0 Å². The van der Waals surface area contributed by atoms with E-state index in [4.69, 9.17) is 0 Å². The van der Waals surface area contributed by atoms with Crippen LogP contribution in [0.3, 0.4) is 0 Å². The van der Waals surface area contributed by atoms with Crippen LogP contribution in [0.25, 0.3) is 0 Å². The SMILES string of the molecule is O=[N+]([O-])c1cc[c]c(F)c1[N+](=O)[O-]. The molecular weight excluding hydrogens is 183 g/mol. The Labute approximate surface area is 70.9 Å². The Kier molecular flexibility index (Phi) is 2.18. The molecule has 0 aliphatic carbocycles. The van der Waals surface area contributed by atoms with Gasteiger partial charge in [-0.1, -0.05) is 0 Å². The fraction of sp³-hybridized carbons (Fsp3) is 0. The minimum atomic E-state index is -1.33. The first kappa shape index (κ1) is 9.04. The second-order valence-corrected chi connectivity index (χ2v) is 2.04. The van der Waals surface area contributed by atoms with Gasteiger partial charge < -0.3 is 0 Å². The van der Waals surface area contributed by atoms with Gasteiger partial charge in [-0.25, -0.2) is 0 Å². The fourth-order valence-electron chi connectivity index (χ4n) is 0.775. The molecule has 1 radical (unpaired) electrons. The molecule has 0 heterocycles. The Morgan fingerprint density at radius 1 is 1.31 bits per heavy atom. The van der Waals surface area contributed by atoms with Gasteiger partial charge in [0.05, 0.1) is 9.85 Å². The maximum absolute atomic E-state index is 12.7. The molecule has 0 unspecified atom stereocenters. The van der Waals surface area contributed by atoms with Gasteiger partial charge in [0.2, 0.25) is 5.82 Å². The highest BCUT2D eigenvalue weighted by atomic mass is 19.1. The highest BCUT2D eigenvalue weighted by Gasteiger charge is 2.28. The molecule has 1 aromatic carbocycles. The van der Waals surface area contributed by atoms with Crippen LogP contribution in [-0.2, 0) is 0 Å². The van der Waals surface area contributed by atoms with Crippen LogP contribution in [0.4, 0.5) is 15.8 Å². The summed E-state index contributed by atoms with van der Waals surface area (Å²) in [5, 5.41) is 20.4. The van der Waals surface area contributed by atoms with Crippen molar-refractivity contribution in [2.75, 3.05) is 0 Å². The van der Waals surface area contributed by atoms with Gasteiger partial charge in [-0.05, 0) is 6.07 Å². The lowest BCUT2D eigenvalue weighted by atomic mass is 10.2. The van der Waals surface area contributed by atoms with Crippen LogP contribution in [0.15, 0.2) is 12.1 Å². The smallest absolute Gasteiger partial charge is 0.258 e. The van der Waals surface area contributed by atoms with E-state index in [0.717, 1.165) is 12.1 Å². The average molecular weight is 185 g/mol. The van der Waals surface area contributed by atoms with Gasteiger partial charge in [-0.2, -0.15) is 4.39 Å². The first-order valence-corrected chi connectivity index (χ1v) is 3.03. The molecule has 0 amide bonds. The largest absolute Gasteiger partial charge is 0.381 e. The summed E-state index contributed by atoms with van der Waals surface area (Å²) in [5.74, 6) is -1.33. The van der Waals surface area contributed by atoms with E-state index in [0.29, 0.717) is 0 Å². The van der Waals surface area contributed by atoms with E-state index in [2.05, 4.69) is 0 Å². The molecule has 7 heteroatoms. The van der Waals surface area contributed by atoms with E-state index < -0.39 is 27.0 Å². The van der Waals surface area contributed by atoms with Gasteiger partial charge in [0.25, 0.3) is 0 Å². The summed E-state index contributed by atoms with van der Waals surface area (Å²) in [7, 11) is 0. The highest BCUT2D eigenvalue weighted by molar-refractivity contribution is 5.52. The predicted molar refractivity (Wildman–Crippen MR) is 38.5 cm³/mol. The average Bonchev–Trinajstić information content (AvgIpc) is 2.02. The van der Waals surface area contributed by atoms with E-state index >= 15 is 0 Å². The van der Waals surface area contributed by atoms with Crippen molar-refractivity contribution in [3.05, 3.63) is 44.2 Å². The molecule has 0 aromatic heterocycles. The number of benzene rings is 1. The minimum Gasteiger partial charge on any atom is -0.258 e. The zero-order chi connectivity index (χ0) is 10.0. The summed E-state index contributed by atoms with van der Waals surface area (Å²) in [6.07, 6.45) is 0. The maximum atomic E-state index is 12.7. The number of nitro benzene ring substituents is 2. The number of halogens is 1. The molecule has 0 saturated carbocycles. The van der Waals surface area contributed by atoms with E-state index in [9.17, 15) is 24.6 Å². The number of hydrogen-bond donors (Lipinski definition) is 0. The first-order chi connectivity index (χ1) is 6.04. The van der Waals surface area contributed by atoms with Gasteiger partial charge in [0.15, 0.2) is 0 Å². The first-order valence-electron chi connectivity index (χ1n) is 3.03. The van der Waals surface area contributed by atoms with E-state index in [1.807, 2.05) is 6.07 Å². The normalized spacial score (nSPS) is 9.62. The highest BCUT2D eigenvalue weighted by Crippen LogP contribution is 2.28. The quantitative estimate of drug-likeness (QED) is 0.515. The Morgan fingerprint density at radius 2 is 1.92 bits per heavy atom. The van der Waals surface area contributed by atoms with Crippen LogP contribution in [0.5, 0.6) is 0 Å². The summed E-state index contributed by atoms with van der Waals surface area (Å²) in [4.78, 5) is 18.2. The molecule has 0 aliphatic heterocycles. The maximum Gasteiger partial charge on any atom is 0.381 e. The van der Waals surface area contributed by atoms with Gasteiger partial charge in [-0.3, -0.25) is 20.2 Å². The van der Waals surface area contributed by atoms with Crippen molar-refractivity contribution in [1.29, 1.82) is 0 Å². The molecule has 0 bridgehead atoms. The van der Waals surface area contributed by atoms with Crippen molar-refractivity contribution in [2.24, 2.45) is 0 Å². The Morgan fingerprint density at radius 3 is 2.31 bits per heavy atom. The number of hydrogen-bond acceptors (Lipinski definition) is 4. The lowest BCUT2D eigenvalue weighted by Crippen LogP contribution is -1.98. The van der Waals surface area contributed by atoms with Crippen LogP contribution in [0.2, 0.25) is 0 Å². The Hall–Kier alpha value is -2.05. The van der Waals surface area contributed by atoms with Crippen LogP contribution < -0.4 is 0 Å². The van der Waals surface area contributed by atoms with Crippen molar-refractivity contribution in [1.82, 2.24) is 0 Å². The van der Waals surface area contributed by atoms with E-state index in [1.165, 1.54) is 0 Å². The third-order valence-electron chi connectivity index (χ3n) is 1.28. The standard InChI is InChI=1S/C6H2FN2O4/c7-4-2-1-3-5(8(10)11)6(4)9(12)13/h1,3H. The molecule has 0 N–H and O–H groups in total. The predicted octanol–water partition coefficient (Wildman–Crippen LogP) is 1.44. The molecule has 0 fully saturated rings. The van der Waals surface area contributed by atoms with Gasteiger partial charge in [0, 0.05) is 12.1 Å². The number of rotatable bonds is 2. The van der Waals surface area contributed by atoms with Crippen LogP contribution in [0, 0.1) is 32.1 Å². The molecule has 6 nitrogen and oxygen atoms in total. The summed E-state index contributed by atoms with van der Waals surface area (Å²) in [5.41, 5.74) is -2.03. The molecule has 1 aromatic rings. The summed E-state index contributed by atoms with van der Waals surface area (Å²) < 4.78 is 12.7. The summed E-state index contributed by atoms with van der Waals surface area (Å²) >= 11 is 0. The van der Waals surface area contributed by atoms with Crippen molar-refractivity contribution < 1.29 is 14.2 Å². The van der Waals surface area contributed by atoms with Crippen LogP contribution in [-0.4, -0.2) is 9.85 Å². The monoisotopic (exact) mass is 185 g/mol. The number of nitro groups is 2. The second kappa shape index (κ2) is 3.13. The van der Waals surface area contributed by atoms with E-state index in [1.54, 1.807) is 0 Å². The molecule has 0 aliphatic rings. The fourth-order valence-corrected chi connectivity index (χ4v) is 0.775. The van der Waals surface area contributed by atoms with Crippen molar-refractivity contribution >= 4 is 11.4 Å². The molecule has 0 saturated heterocycles. The molecule has 0 atom stereocenters. The Balaban J connectivity index is 3.43. The molecule has 1 rings (SSSR count). The topological polar surface area (TPSA) is 86.3 Å². The van der Waals surface area contributed by atoms with Crippen molar-refractivity contribution in [3.63, 3.8) is 0 Å². The summed E-state index contributed by atoms with van der Waals surface area (Å²) in [6.45, 7) is 0. The Bertz CT molecular complexity index is 379. The number of nitrogens with zero attached hydrogens (tertiary/aromatic N) is 2. The van der Waals surface area contributed by atoms with E-state index in [-0.39, 0.29) is 0 Å². The lowest BCUT2D eigenvalue weighted by molar-refractivity contribution is -0.424. The molecular formula is C6H2FN2O4. The van der Waals surface area contributed by atoms with Gasteiger partial charge in [0.1, 0.15) is 0 Å². The van der Waals surface area contributed by atoms with Crippen molar-refractivity contribution in [2.45, 2.75) is 0 Å². The third-order valence-corrected chi connectivity index (χ3v) is 1.28. The molecule has 67 valence electrons. The molecule has 0 spiro atoms. The van der Waals surface area contributed by atoms with Crippen LogP contribution in [0.1, 0.15) is 0 Å². The summed E-state index contributed by atoms with van der Waals surface area (Å²) in [6, 6.07) is 3.60. The zero-order valence-corrected chi connectivity index (χ0v) is 6.06. The molecule has 13 heavy (non-hydrogen) atoms. The minimum absolute atomic E-state index is 0.821. The lowest BCUT2D eigenvalue weighted by Gasteiger charge is -1.93. The van der Waals surface area contributed by atoms with Gasteiger partial charge in [-0.15, -0.1) is 0 Å². The van der Waals surface area contributed by atoms with Gasteiger partial charge >= 0.3 is 11.4 Å². The third kappa shape index (κ3) is 1.58.